The molecule has 1 heterocycles. The van der Waals surface area contributed by atoms with Gasteiger partial charge in [0.1, 0.15) is 0 Å². The van der Waals surface area contributed by atoms with Crippen LogP contribution < -0.4 is 9.64 Å². The van der Waals surface area contributed by atoms with E-state index in [1.54, 1.807) is 12.3 Å². The van der Waals surface area contributed by atoms with Crippen LogP contribution >= 0.6 is 15.9 Å². The Hall–Kier alpha value is -2.21. The summed E-state index contributed by atoms with van der Waals surface area (Å²) in [5.74, 6) is 0.533. The number of anilines is 1. The van der Waals surface area contributed by atoms with E-state index >= 15 is 0 Å². The van der Waals surface area contributed by atoms with E-state index in [0.717, 1.165) is 31.7 Å². The number of nitrogens with zero attached hydrogens (tertiary/aromatic N) is 3. The second kappa shape index (κ2) is 7.57. The first-order valence-electron chi connectivity index (χ1n) is 7.83. The lowest BCUT2D eigenvalue weighted by molar-refractivity contribution is 0.272. The highest BCUT2D eigenvalue weighted by molar-refractivity contribution is 9.10. The Labute approximate surface area is 150 Å². The van der Waals surface area contributed by atoms with Gasteiger partial charge in [-0.1, -0.05) is 18.2 Å². The van der Waals surface area contributed by atoms with Gasteiger partial charge < -0.3 is 14.7 Å². The summed E-state index contributed by atoms with van der Waals surface area (Å²) in [6.45, 7) is 3.65. The van der Waals surface area contributed by atoms with Crippen LogP contribution in [0.2, 0.25) is 0 Å². The largest absolute Gasteiger partial charge is 0.503 e. The zero-order valence-corrected chi connectivity index (χ0v) is 15.1. The first-order valence-corrected chi connectivity index (χ1v) is 8.62. The number of benzene rings is 2. The number of para-hydroxylation sites is 1. The highest BCUT2D eigenvalue weighted by atomic mass is 79.9. The Balaban J connectivity index is 1.62. The van der Waals surface area contributed by atoms with Crippen LogP contribution in [0.3, 0.4) is 0 Å². The van der Waals surface area contributed by atoms with E-state index in [0.29, 0.717) is 10.2 Å². The van der Waals surface area contributed by atoms with Gasteiger partial charge in [-0.05, 0) is 45.8 Å². The van der Waals surface area contributed by atoms with Crippen molar-refractivity contribution in [2.45, 2.75) is 0 Å². The van der Waals surface area contributed by atoms with Crippen molar-refractivity contribution in [1.82, 2.24) is 5.01 Å². The molecule has 6 heteroatoms. The van der Waals surface area contributed by atoms with Crippen molar-refractivity contribution in [3.05, 3.63) is 52.5 Å². The van der Waals surface area contributed by atoms with Crippen LogP contribution in [0.25, 0.3) is 0 Å². The molecule has 2 aromatic carbocycles. The number of hydrogen-bond donors (Lipinski definition) is 1. The highest BCUT2D eigenvalue weighted by Crippen LogP contribution is 2.34. The number of rotatable bonds is 4. The van der Waals surface area contributed by atoms with Crippen LogP contribution in [-0.4, -0.2) is 49.6 Å². The van der Waals surface area contributed by atoms with E-state index in [4.69, 9.17) is 4.74 Å². The summed E-state index contributed by atoms with van der Waals surface area (Å²) < 4.78 is 5.75. The predicted octanol–water partition coefficient (Wildman–Crippen LogP) is 3.32. The van der Waals surface area contributed by atoms with Gasteiger partial charge in [-0.25, -0.2) is 0 Å². The lowest BCUT2D eigenvalue weighted by Crippen LogP contribution is -2.44. The molecule has 0 spiro atoms. The van der Waals surface area contributed by atoms with E-state index in [1.165, 1.54) is 12.8 Å². The van der Waals surface area contributed by atoms with Gasteiger partial charge >= 0.3 is 0 Å². The van der Waals surface area contributed by atoms with Gasteiger partial charge in [0.2, 0.25) is 0 Å². The molecule has 0 aromatic heterocycles. The van der Waals surface area contributed by atoms with E-state index in [1.807, 2.05) is 12.1 Å². The monoisotopic (exact) mass is 389 g/mol. The molecule has 2 aromatic rings. The second-order valence-corrected chi connectivity index (χ2v) is 6.43. The van der Waals surface area contributed by atoms with Crippen LogP contribution in [-0.2, 0) is 0 Å². The number of ether oxygens (including phenoxy) is 1. The molecule has 0 bridgehead atoms. The molecule has 5 nitrogen and oxygen atoms in total. The van der Waals surface area contributed by atoms with Gasteiger partial charge in [-0.3, -0.25) is 5.01 Å². The molecule has 1 N–H and O–H groups in total. The fourth-order valence-corrected chi connectivity index (χ4v) is 3.14. The van der Waals surface area contributed by atoms with Gasteiger partial charge in [-0.2, -0.15) is 5.10 Å². The van der Waals surface area contributed by atoms with Crippen LogP contribution in [0, 0.1) is 0 Å². The molecule has 0 saturated carbocycles. The third-order valence-corrected chi connectivity index (χ3v) is 4.62. The minimum Gasteiger partial charge on any atom is -0.503 e. The summed E-state index contributed by atoms with van der Waals surface area (Å²) in [5, 5.41) is 16.5. The molecule has 1 aliphatic rings. The van der Waals surface area contributed by atoms with E-state index in [9.17, 15) is 5.11 Å². The molecule has 126 valence electrons. The zero-order valence-electron chi connectivity index (χ0n) is 13.5. The molecule has 3 rings (SSSR count). The lowest BCUT2D eigenvalue weighted by Gasteiger charge is -2.34. The molecular formula is C18H20BrN3O2. The number of aromatic hydroxyl groups is 1. The van der Waals surface area contributed by atoms with Crippen molar-refractivity contribution in [3.63, 3.8) is 0 Å². The number of hydrogen-bond acceptors (Lipinski definition) is 5. The maximum atomic E-state index is 9.84. The Morgan fingerprint density at radius 2 is 1.83 bits per heavy atom. The van der Waals surface area contributed by atoms with Gasteiger partial charge in [0.05, 0.1) is 30.9 Å². The minimum absolute atomic E-state index is 0.103. The highest BCUT2D eigenvalue weighted by Gasteiger charge is 2.15. The summed E-state index contributed by atoms with van der Waals surface area (Å²) in [4.78, 5) is 2.37. The Morgan fingerprint density at radius 1 is 1.12 bits per heavy atom. The first-order chi connectivity index (χ1) is 11.7. The zero-order chi connectivity index (χ0) is 16.9. The molecule has 0 radical (unpaired) electrons. The maximum absolute atomic E-state index is 9.84. The molecule has 0 aliphatic carbocycles. The number of methoxy groups -OCH3 is 1. The predicted molar refractivity (Wildman–Crippen MR) is 100 cm³/mol. The van der Waals surface area contributed by atoms with Crippen LogP contribution in [0.15, 0.2) is 52.0 Å². The van der Waals surface area contributed by atoms with Crippen molar-refractivity contribution in [2.75, 3.05) is 38.2 Å². The van der Waals surface area contributed by atoms with Crippen molar-refractivity contribution < 1.29 is 9.84 Å². The summed E-state index contributed by atoms with van der Waals surface area (Å²) in [6.07, 6.45) is 1.80. The second-order valence-electron chi connectivity index (χ2n) is 5.57. The van der Waals surface area contributed by atoms with E-state index < -0.39 is 0 Å². The summed E-state index contributed by atoms with van der Waals surface area (Å²) >= 11 is 3.33. The minimum atomic E-state index is 0.103. The fraction of sp³-hybridized carbons (Fsp3) is 0.278. The number of phenols is 1. The van der Waals surface area contributed by atoms with Gasteiger partial charge in [0.25, 0.3) is 0 Å². The fourth-order valence-electron chi connectivity index (χ4n) is 2.68. The summed E-state index contributed by atoms with van der Waals surface area (Å²) in [6, 6.07) is 14.0. The molecule has 1 aliphatic heterocycles. The number of phenolic OH excluding ortho intramolecular Hbond substituents is 1. The molecule has 1 saturated heterocycles. The first kappa shape index (κ1) is 16.6. The van der Waals surface area contributed by atoms with Crippen molar-refractivity contribution >= 4 is 27.8 Å². The third-order valence-electron chi connectivity index (χ3n) is 4.02. The van der Waals surface area contributed by atoms with Gasteiger partial charge in [-0.15, -0.1) is 0 Å². The van der Waals surface area contributed by atoms with E-state index in [2.05, 4.69) is 55.2 Å². The molecule has 0 unspecified atom stereocenters. The van der Waals surface area contributed by atoms with Crippen molar-refractivity contribution in [1.29, 1.82) is 0 Å². The molecule has 24 heavy (non-hydrogen) atoms. The average Bonchev–Trinajstić information content (AvgIpc) is 2.63. The smallest absolute Gasteiger partial charge is 0.172 e. The van der Waals surface area contributed by atoms with Crippen LogP contribution in [0.1, 0.15) is 5.56 Å². The summed E-state index contributed by atoms with van der Waals surface area (Å²) in [7, 11) is 1.53. The standard InChI is InChI=1S/C18H20BrN3O2/c1-24-17-12-14(11-16(19)18(17)23)13-20-22-9-7-21(8-10-22)15-5-3-2-4-6-15/h2-6,11-13,23H,7-10H2,1H3/b20-13+. The third kappa shape index (κ3) is 3.82. The lowest BCUT2D eigenvalue weighted by atomic mass is 10.2. The molecule has 1 fully saturated rings. The molecule has 0 atom stereocenters. The van der Waals surface area contributed by atoms with Crippen LogP contribution in [0.5, 0.6) is 11.5 Å². The Morgan fingerprint density at radius 3 is 2.50 bits per heavy atom. The topological polar surface area (TPSA) is 48.3 Å². The molecular weight excluding hydrogens is 370 g/mol. The van der Waals surface area contributed by atoms with E-state index in [-0.39, 0.29) is 5.75 Å². The normalized spacial score (nSPS) is 15.1. The SMILES string of the molecule is COc1cc(/C=N/N2CCN(c3ccccc3)CC2)cc(Br)c1O. The van der Waals surface area contributed by atoms with Crippen molar-refractivity contribution in [2.24, 2.45) is 5.10 Å². The Bertz CT molecular complexity index is 714. The number of halogens is 1. The van der Waals surface area contributed by atoms with Crippen LogP contribution in [0.4, 0.5) is 5.69 Å². The quantitative estimate of drug-likeness (QED) is 0.814. The van der Waals surface area contributed by atoms with Crippen molar-refractivity contribution in [3.8, 4) is 11.5 Å². The number of hydrazone groups is 1. The Kier molecular flexibility index (Phi) is 5.25. The van der Waals surface area contributed by atoms with Gasteiger partial charge in [0.15, 0.2) is 11.5 Å². The average molecular weight is 390 g/mol. The maximum Gasteiger partial charge on any atom is 0.172 e. The van der Waals surface area contributed by atoms with Gasteiger partial charge in [0, 0.05) is 18.8 Å². The summed E-state index contributed by atoms with van der Waals surface area (Å²) in [5.41, 5.74) is 2.13. The molecule has 0 amide bonds. The number of piperazine rings is 1.